The molecular formula is C11H16O3S. The Hall–Kier alpha value is -0.900. The fourth-order valence-corrected chi connectivity index (χ4v) is 2.13. The standard InChI is InChI=1S/C11H16O3S/c1-3-10(11(12)13-4-2)15-8-9-6-5-7-14-9/h5-7,10H,3-4,8H2,1-2H3. The Kier molecular flexibility index (Phi) is 5.32. The van der Waals surface area contributed by atoms with Crippen LogP contribution in [0.5, 0.6) is 0 Å². The first-order valence-corrected chi connectivity index (χ1v) is 6.13. The molecule has 0 spiro atoms. The molecule has 1 heterocycles. The lowest BCUT2D eigenvalue weighted by atomic mass is 10.3. The number of rotatable bonds is 6. The van der Waals surface area contributed by atoms with E-state index in [-0.39, 0.29) is 11.2 Å². The van der Waals surface area contributed by atoms with Crippen molar-refractivity contribution in [2.24, 2.45) is 0 Å². The van der Waals surface area contributed by atoms with Crippen molar-refractivity contribution in [2.75, 3.05) is 6.61 Å². The van der Waals surface area contributed by atoms with Crippen molar-refractivity contribution in [1.82, 2.24) is 0 Å². The highest BCUT2D eigenvalue weighted by atomic mass is 32.2. The van der Waals surface area contributed by atoms with Crippen molar-refractivity contribution in [3.63, 3.8) is 0 Å². The molecule has 1 unspecified atom stereocenters. The van der Waals surface area contributed by atoms with Gasteiger partial charge in [0.15, 0.2) is 0 Å². The number of thioether (sulfide) groups is 1. The molecular weight excluding hydrogens is 212 g/mol. The SMILES string of the molecule is CCOC(=O)C(CC)SCc1ccco1. The molecule has 15 heavy (non-hydrogen) atoms. The highest BCUT2D eigenvalue weighted by Gasteiger charge is 2.18. The van der Waals surface area contributed by atoms with E-state index in [1.54, 1.807) is 18.0 Å². The summed E-state index contributed by atoms with van der Waals surface area (Å²) in [6.07, 6.45) is 2.42. The summed E-state index contributed by atoms with van der Waals surface area (Å²) in [7, 11) is 0. The van der Waals surface area contributed by atoms with Crippen molar-refractivity contribution < 1.29 is 13.9 Å². The molecule has 1 rings (SSSR count). The van der Waals surface area contributed by atoms with Gasteiger partial charge in [-0.05, 0) is 25.5 Å². The molecule has 0 aromatic carbocycles. The fraction of sp³-hybridized carbons (Fsp3) is 0.545. The van der Waals surface area contributed by atoms with Gasteiger partial charge in [0.05, 0.1) is 18.6 Å². The normalized spacial score (nSPS) is 12.4. The van der Waals surface area contributed by atoms with Crippen LogP contribution in [0.2, 0.25) is 0 Å². The monoisotopic (exact) mass is 228 g/mol. The van der Waals surface area contributed by atoms with Crippen molar-refractivity contribution in [3.8, 4) is 0 Å². The summed E-state index contributed by atoms with van der Waals surface area (Å²) in [6.45, 7) is 4.25. The Morgan fingerprint density at radius 2 is 2.40 bits per heavy atom. The van der Waals surface area contributed by atoms with E-state index in [2.05, 4.69) is 0 Å². The summed E-state index contributed by atoms with van der Waals surface area (Å²) in [5.74, 6) is 1.48. The van der Waals surface area contributed by atoms with Crippen LogP contribution in [0.1, 0.15) is 26.0 Å². The summed E-state index contributed by atoms with van der Waals surface area (Å²) < 4.78 is 10.2. The molecule has 0 amide bonds. The molecule has 1 aromatic rings. The van der Waals surface area contributed by atoms with Crippen molar-refractivity contribution in [1.29, 1.82) is 0 Å². The minimum absolute atomic E-state index is 0.0879. The van der Waals surface area contributed by atoms with Crippen LogP contribution in [-0.2, 0) is 15.3 Å². The lowest BCUT2D eigenvalue weighted by Gasteiger charge is -2.11. The topological polar surface area (TPSA) is 39.4 Å². The number of carbonyl (C=O) groups is 1. The van der Waals surface area contributed by atoms with Crippen LogP contribution >= 0.6 is 11.8 Å². The molecule has 0 saturated heterocycles. The maximum atomic E-state index is 11.5. The van der Waals surface area contributed by atoms with E-state index in [0.29, 0.717) is 12.4 Å². The van der Waals surface area contributed by atoms with E-state index in [9.17, 15) is 4.79 Å². The van der Waals surface area contributed by atoms with Crippen LogP contribution in [0.15, 0.2) is 22.8 Å². The Labute approximate surface area is 94.2 Å². The summed E-state index contributed by atoms with van der Waals surface area (Å²) in [6, 6.07) is 3.76. The fourth-order valence-electron chi connectivity index (χ4n) is 1.17. The number of carbonyl (C=O) groups excluding carboxylic acids is 1. The Bertz CT molecular complexity index is 282. The van der Waals surface area contributed by atoms with Crippen molar-refractivity contribution in [3.05, 3.63) is 24.2 Å². The van der Waals surface area contributed by atoms with E-state index >= 15 is 0 Å². The van der Waals surface area contributed by atoms with Gasteiger partial charge in [-0.25, -0.2) is 0 Å². The maximum absolute atomic E-state index is 11.5. The minimum Gasteiger partial charge on any atom is -0.468 e. The van der Waals surface area contributed by atoms with Gasteiger partial charge in [-0.2, -0.15) is 0 Å². The average Bonchev–Trinajstić information content (AvgIpc) is 2.72. The molecule has 84 valence electrons. The minimum atomic E-state index is -0.128. The van der Waals surface area contributed by atoms with Gasteiger partial charge in [-0.1, -0.05) is 6.92 Å². The Morgan fingerprint density at radius 1 is 1.60 bits per heavy atom. The van der Waals surface area contributed by atoms with E-state index < -0.39 is 0 Å². The average molecular weight is 228 g/mol. The predicted octanol–water partition coefficient (Wildman–Crippen LogP) is 2.85. The third kappa shape index (κ3) is 4.00. The number of hydrogen-bond donors (Lipinski definition) is 0. The molecule has 0 aliphatic rings. The molecule has 0 fully saturated rings. The molecule has 0 N–H and O–H groups in total. The van der Waals surface area contributed by atoms with Gasteiger partial charge in [0.25, 0.3) is 0 Å². The van der Waals surface area contributed by atoms with Crippen molar-refractivity contribution in [2.45, 2.75) is 31.3 Å². The van der Waals surface area contributed by atoms with Gasteiger partial charge in [-0.15, -0.1) is 11.8 Å². The molecule has 3 nitrogen and oxygen atoms in total. The lowest BCUT2D eigenvalue weighted by molar-refractivity contribution is -0.142. The maximum Gasteiger partial charge on any atom is 0.319 e. The summed E-state index contributed by atoms with van der Waals surface area (Å²) in [4.78, 5) is 11.5. The molecule has 0 bridgehead atoms. The number of ether oxygens (including phenoxy) is 1. The molecule has 0 radical (unpaired) electrons. The largest absolute Gasteiger partial charge is 0.468 e. The second-order valence-corrected chi connectivity index (χ2v) is 4.23. The zero-order valence-corrected chi connectivity index (χ0v) is 9.88. The van der Waals surface area contributed by atoms with Gasteiger partial charge < -0.3 is 9.15 Å². The smallest absolute Gasteiger partial charge is 0.319 e. The molecule has 4 heteroatoms. The van der Waals surface area contributed by atoms with E-state index in [0.717, 1.165) is 12.2 Å². The van der Waals surface area contributed by atoms with Gasteiger partial charge >= 0.3 is 5.97 Å². The second kappa shape index (κ2) is 6.56. The quantitative estimate of drug-likeness (QED) is 0.702. The molecule has 0 aliphatic heterocycles. The molecule has 0 saturated carbocycles. The van der Waals surface area contributed by atoms with Gasteiger partial charge in [-0.3, -0.25) is 4.79 Å². The predicted molar refractivity (Wildman–Crippen MR) is 60.7 cm³/mol. The van der Waals surface area contributed by atoms with Gasteiger partial charge in [0.1, 0.15) is 11.0 Å². The van der Waals surface area contributed by atoms with Crippen molar-refractivity contribution >= 4 is 17.7 Å². The zero-order valence-electron chi connectivity index (χ0n) is 9.06. The van der Waals surface area contributed by atoms with Crippen LogP contribution < -0.4 is 0 Å². The van der Waals surface area contributed by atoms with Gasteiger partial charge in [0.2, 0.25) is 0 Å². The van der Waals surface area contributed by atoms with E-state index in [1.807, 2.05) is 26.0 Å². The number of hydrogen-bond acceptors (Lipinski definition) is 4. The molecule has 1 atom stereocenters. The zero-order chi connectivity index (χ0) is 11.1. The highest BCUT2D eigenvalue weighted by molar-refractivity contribution is 7.99. The Morgan fingerprint density at radius 3 is 2.93 bits per heavy atom. The first-order valence-electron chi connectivity index (χ1n) is 5.08. The lowest BCUT2D eigenvalue weighted by Crippen LogP contribution is -2.19. The van der Waals surface area contributed by atoms with Crippen LogP contribution in [0.3, 0.4) is 0 Å². The Balaban J connectivity index is 2.37. The van der Waals surface area contributed by atoms with E-state index in [4.69, 9.17) is 9.15 Å². The van der Waals surface area contributed by atoms with Crippen LogP contribution in [0.4, 0.5) is 0 Å². The number of furan rings is 1. The van der Waals surface area contributed by atoms with Crippen LogP contribution in [0, 0.1) is 0 Å². The molecule has 0 aliphatic carbocycles. The second-order valence-electron chi connectivity index (χ2n) is 3.04. The summed E-state index contributed by atoms with van der Waals surface area (Å²) >= 11 is 1.56. The first-order chi connectivity index (χ1) is 7.27. The summed E-state index contributed by atoms with van der Waals surface area (Å²) in [5.41, 5.74) is 0. The third-order valence-corrected chi connectivity index (χ3v) is 3.31. The van der Waals surface area contributed by atoms with Crippen LogP contribution in [-0.4, -0.2) is 17.8 Å². The van der Waals surface area contributed by atoms with E-state index in [1.165, 1.54) is 0 Å². The first kappa shape index (κ1) is 12.2. The number of esters is 1. The van der Waals surface area contributed by atoms with Gasteiger partial charge in [0, 0.05) is 0 Å². The molecule has 1 aromatic heterocycles. The third-order valence-electron chi connectivity index (χ3n) is 1.93. The van der Waals surface area contributed by atoms with Crippen LogP contribution in [0.25, 0.3) is 0 Å². The highest BCUT2D eigenvalue weighted by Crippen LogP contribution is 2.21. The summed E-state index contributed by atoms with van der Waals surface area (Å²) in [5, 5.41) is -0.0879.